The summed E-state index contributed by atoms with van der Waals surface area (Å²) in [5.41, 5.74) is 10.7. The standard InChI is InChI=1S/C59H37N5/c1-3-17-46-36-60-55(34-40(46)15-1)48-31-49(56-35-41-16-2-4-18-47(41)37-61-56)33-50(32-48)59-63-57(44-23-9-21-42(29-44)53-27-11-19-38-13-5-7-25-51(38)53)62-58(64-59)45-24-10-22-43(30-45)54-28-12-20-39-14-6-8-26-52(39)54/h1-37H. The molecule has 3 aromatic heterocycles. The Morgan fingerprint density at radius 1 is 0.234 bits per heavy atom. The van der Waals surface area contributed by atoms with Crippen molar-refractivity contribution in [3.63, 3.8) is 0 Å². The van der Waals surface area contributed by atoms with Crippen LogP contribution in [0.4, 0.5) is 0 Å². The van der Waals surface area contributed by atoms with Gasteiger partial charge in [-0.3, -0.25) is 9.97 Å². The smallest absolute Gasteiger partial charge is 0.164 e. The first-order valence-corrected chi connectivity index (χ1v) is 21.5. The van der Waals surface area contributed by atoms with Gasteiger partial charge >= 0.3 is 0 Å². The number of nitrogens with zero attached hydrogens (tertiary/aromatic N) is 5. The predicted molar refractivity (Wildman–Crippen MR) is 263 cm³/mol. The van der Waals surface area contributed by atoms with E-state index in [9.17, 15) is 0 Å². The van der Waals surface area contributed by atoms with Gasteiger partial charge < -0.3 is 0 Å². The van der Waals surface area contributed by atoms with Crippen molar-refractivity contribution in [2.45, 2.75) is 0 Å². The Morgan fingerprint density at radius 3 is 1.06 bits per heavy atom. The quantitative estimate of drug-likeness (QED) is 0.160. The summed E-state index contributed by atoms with van der Waals surface area (Å²) in [6.07, 6.45) is 3.88. The molecule has 0 unspecified atom stereocenters. The van der Waals surface area contributed by atoms with E-state index in [1.165, 1.54) is 21.5 Å². The summed E-state index contributed by atoms with van der Waals surface area (Å²) in [7, 11) is 0. The molecule has 5 heteroatoms. The zero-order valence-electron chi connectivity index (χ0n) is 34.6. The van der Waals surface area contributed by atoms with Crippen molar-refractivity contribution in [2.75, 3.05) is 0 Å². The van der Waals surface area contributed by atoms with Gasteiger partial charge in [0.15, 0.2) is 17.5 Å². The minimum Gasteiger partial charge on any atom is -0.256 e. The molecule has 0 saturated heterocycles. The number of fused-ring (bicyclic) bond motifs is 4. The zero-order chi connectivity index (χ0) is 42.4. The zero-order valence-corrected chi connectivity index (χ0v) is 34.6. The Hall–Kier alpha value is -8.67. The van der Waals surface area contributed by atoms with Gasteiger partial charge in [-0.1, -0.05) is 170 Å². The first-order chi connectivity index (χ1) is 31.7. The summed E-state index contributed by atoms with van der Waals surface area (Å²) in [4.78, 5) is 25.9. The molecule has 3 heterocycles. The van der Waals surface area contributed by atoms with Crippen LogP contribution in [0.15, 0.2) is 225 Å². The van der Waals surface area contributed by atoms with Crippen molar-refractivity contribution in [1.29, 1.82) is 0 Å². The number of hydrogen-bond acceptors (Lipinski definition) is 5. The Kier molecular flexibility index (Phi) is 9.08. The molecule has 0 radical (unpaired) electrons. The van der Waals surface area contributed by atoms with Crippen molar-refractivity contribution < 1.29 is 0 Å². The Morgan fingerprint density at radius 2 is 0.578 bits per heavy atom. The van der Waals surface area contributed by atoms with Crippen LogP contribution >= 0.6 is 0 Å². The van der Waals surface area contributed by atoms with Gasteiger partial charge in [-0.05, 0) is 97.0 Å². The third-order valence-electron chi connectivity index (χ3n) is 12.1. The van der Waals surface area contributed by atoms with Crippen LogP contribution in [0.5, 0.6) is 0 Å². The molecule has 0 N–H and O–H groups in total. The molecule has 5 nitrogen and oxygen atoms in total. The maximum absolute atomic E-state index is 5.32. The monoisotopic (exact) mass is 815 g/mol. The summed E-state index contributed by atoms with van der Waals surface area (Å²) in [5, 5.41) is 9.17. The molecular weight excluding hydrogens is 779 g/mol. The highest BCUT2D eigenvalue weighted by molar-refractivity contribution is 5.98. The second kappa shape index (κ2) is 15.7. The van der Waals surface area contributed by atoms with Crippen molar-refractivity contribution >= 4 is 43.1 Å². The van der Waals surface area contributed by atoms with Gasteiger partial charge in [-0.2, -0.15) is 0 Å². The lowest BCUT2D eigenvalue weighted by Crippen LogP contribution is -2.01. The summed E-state index contributed by atoms with van der Waals surface area (Å²) >= 11 is 0. The fourth-order valence-electron chi connectivity index (χ4n) is 8.90. The van der Waals surface area contributed by atoms with E-state index in [0.29, 0.717) is 17.5 Å². The third kappa shape index (κ3) is 6.91. The Bertz CT molecular complexity index is 3510. The Labute approximate surface area is 370 Å². The van der Waals surface area contributed by atoms with Crippen LogP contribution in [-0.4, -0.2) is 24.9 Å². The van der Waals surface area contributed by atoms with E-state index in [2.05, 4.69) is 200 Å². The van der Waals surface area contributed by atoms with Gasteiger partial charge in [0.25, 0.3) is 0 Å². The van der Waals surface area contributed by atoms with Crippen LogP contribution in [0.25, 0.3) is 122 Å². The van der Waals surface area contributed by atoms with Gasteiger partial charge in [0.05, 0.1) is 11.4 Å². The molecule has 0 atom stereocenters. The van der Waals surface area contributed by atoms with E-state index in [4.69, 9.17) is 24.9 Å². The van der Waals surface area contributed by atoms with Crippen LogP contribution < -0.4 is 0 Å². The average Bonchev–Trinajstić information content (AvgIpc) is 3.37. The van der Waals surface area contributed by atoms with Gasteiger partial charge in [0.2, 0.25) is 0 Å². The highest BCUT2D eigenvalue weighted by Gasteiger charge is 2.18. The normalized spacial score (nSPS) is 11.4. The number of pyridine rings is 2. The third-order valence-corrected chi connectivity index (χ3v) is 12.1. The largest absolute Gasteiger partial charge is 0.256 e. The number of rotatable bonds is 7. The lowest BCUT2D eigenvalue weighted by molar-refractivity contribution is 1.07. The van der Waals surface area contributed by atoms with E-state index in [0.717, 1.165) is 83.0 Å². The molecule has 64 heavy (non-hydrogen) atoms. The summed E-state index contributed by atoms with van der Waals surface area (Å²) < 4.78 is 0. The SMILES string of the molecule is c1cc(-c2nc(-c3cc(-c4cc5ccccc5cn4)cc(-c4cc5ccccc5cn4)c3)nc(-c3cccc(-c4cccc5ccccc45)c3)n2)cc(-c2cccc3ccccc23)c1. The molecule has 298 valence electrons. The van der Waals surface area contributed by atoms with Gasteiger partial charge in [-0.15, -0.1) is 0 Å². The minimum atomic E-state index is 0.552. The van der Waals surface area contributed by atoms with E-state index >= 15 is 0 Å². The van der Waals surface area contributed by atoms with E-state index in [-0.39, 0.29) is 0 Å². The van der Waals surface area contributed by atoms with Crippen molar-refractivity contribution in [2.24, 2.45) is 0 Å². The Balaban J connectivity index is 1.07. The molecule has 0 aliphatic rings. The van der Waals surface area contributed by atoms with E-state index < -0.39 is 0 Å². The number of hydrogen-bond donors (Lipinski definition) is 0. The molecule has 0 aliphatic carbocycles. The van der Waals surface area contributed by atoms with Gasteiger partial charge in [0.1, 0.15) is 0 Å². The molecule has 0 aliphatic heterocycles. The van der Waals surface area contributed by atoms with Crippen LogP contribution in [0, 0.1) is 0 Å². The van der Waals surface area contributed by atoms with Crippen LogP contribution in [0.2, 0.25) is 0 Å². The maximum atomic E-state index is 5.32. The molecule has 0 spiro atoms. The minimum absolute atomic E-state index is 0.552. The summed E-state index contributed by atoms with van der Waals surface area (Å²) in [6, 6.07) is 74.4. The fraction of sp³-hybridized carbons (Fsp3) is 0. The summed E-state index contributed by atoms with van der Waals surface area (Å²) in [5.74, 6) is 1.71. The number of benzene rings is 9. The highest BCUT2D eigenvalue weighted by atomic mass is 15.0. The molecule has 0 bridgehead atoms. The highest BCUT2D eigenvalue weighted by Crippen LogP contribution is 2.37. The summed E-state index contributed by atoms with van der Waals surface area (Å²) in [6.45, 7) is 0. The van der Waals surface area contributed by atoms with Crippen LogP contribution in [-0.2, 0) is 0 Å². The van der Waals surface area contributed by atoms with E-state index in [1.54, 1.807) is 0 Å². The number of aromatic nitrogens is 5. The predicted octanol–water partition coefficient (Wildman–Crippen LogP) is 14.9. The van der Waals surface area contributed by atoms with E-state index in [1.807, 2.05) is 24.5 Å². The molecule has 9 aromatic carbocycles. The lowest BCUT2D eigenvalue weighted by Gasteiger charge is -2.14. The molecule has 0 saturated carbocycles. The topological polar surface area (TPSA) is 64.5 Å². The van der Waals surface area contributed by atoms with Crippen molar-refractivity contribution in [1.82, 2.24) is 24.9 Å². The maximum Gasteiger partial charge on any atom is 0.164 e. The second-order valence-corrected chi connectivity index (χ2v) is 16.2. The second-order valence-electron chi connectivity index (χ2n) is 16.2. The molecule has 0 amide bonds. The molecule has 12 aromatic rings. The average molecular weight is 816 g/mol. The van der Waals surface area contributed by atoms with Crippen molar-refractivity contribution in [3.8, 4) is 78.9 Å². The molecular formula is C59H37N5. The van der Waals surface area contributed by atoms with Crippen molar-refractivity contribution in [3.05, 3.63) is 225 Å². The van der Waals surface area contributed by atoms with Crippen LogP contribution in [0.1, 0.15) is 0 Å². The first kappa shape index (κ1) is 37.1. The van der Waals surface area contributed by atoms with Crippen LogP contribution in [0.3, 0.4) is 0 Å². The fourth-order valence-corrected chi connectivity index (χ4v) is 8.90. The molecule has 12 rings (SSSR count). The van der Waals surface area contributed by atoms with Gasteiger partial charge in [0, 0.05) is 51.0 Å². The van der Waals surface area contributed by atoms with Gasteiger partial charge in [-0.25, -0.2) is 15.0 Å². The lowest BCUT2D eigenvalue weighted by atomic mass is 9.96. The molecule has 0 fully saturated rings. The first-order valence-electron chi connectivity index (χ1n) is 21.5.